The summed E-state index contributed by atoms with van der Waals surface area (Å²) >= 11 is -1.93. The second kappa shape index (κ2) is 10.2. The number of carbonyl (C=O) groups is 2. The van der Waals surface area contributed by atoms with E-state index in [0.717, 1.165) is 28.2 Å². The van der Waals surface area contributed by atoms with E-state index in [1.165, 1.54) is 11.0 Å². The van der Waals surface area contributed by atoms with Crippen molar-refractivity contribution in [2.75, 3.05) is 23.0 Å². The van der Waals surface area contributed by atoms with Gasteiger partial charge in [0.1, 0.15) is 0 Å². The maximum absolute atomic E-state index is 13.7. The van der Waals surface area contributed by atoms with Crippen molar-refractivity contribution in [3.63, 3.8) is 0 Å². The quantitative estimate of drug-likeness (QED) is 0.145. The number of imidazole rings is 1. The van der Waals surface area contributed by atoms with Crippen LogP contribution in [-0.4, -0.2) is 44.6 Å². The third kappa shape index (κ3) is 5.10. The van der Waals surface area contributed by atoms with Gasteiger partial charge in [-0.05, 0) is 0 Å². The van der Waals surface area contributed by atoms with E-state index in [0.29, 0.717) is 16.5 Å². The number of para-hydroxylation sites is 1. The molecule has 1 aromatic heterocycles. The zero-order valence-corrected chi connectivity index (χ0v) is 22.4. The van der Waals surface area contributed by atoms with E-state index in [2.05, 4.69) is 4.98 Å². The van der Waals surface area contributed by atoms with E-state index in [-0.39, 0.29) is 43.8 Å². The monoisotopic (exact) mass is 695 g/mol. The number of ether oxygens (including phenoxy) is 1. The van der Waals surface area contributed by atoms with Crippen LogP contribution in [0.4, 0.5) is 19.4 Å². The molecule has 34 heavy (non-hydrogen) atoms. The molecule has 0 saturated heterocycles. The number of halogens is 4. The van der Waals surface area contributed by atoms with Gasteiger partial charge in [-0.1, -0.05) is 0 Å². The average molecular weight is 695 g/mol. The molecule has 1 N–H and O–H groups in total. The molecule has 0 spiro atoms. The Morgan fingerprint density at radius 1 is 1.12 bits per heavy atom. The number of fused-ring (bicyclic) bond motifs is 1. The summed E-state index contributed by atoms with van der Waals surface area (Å²) in [6.07, 6.45) is 0.368. The van der Waals surface area contributed by atoms with Gasteiger partial charge in [0, 0.05) is 0 Å². The van der Waals surface area contributed by atoms with Gasteiger partial charge in [-0.2, -0.15) is 0 Å². The Hall–Kier alpha value is -2.13. The molecule has 0 unspecified atom stereocenters. The fraction of sp³-hybridized carbons (Fsp3) is 0.261. The van der Waals surface area contributed by atoms with Gasteiger partial charge in [0.2, 0.25) is 0 Å². The molecule has 0 saturated carbocycles. The van der Waals surface area contributed by atoms with Crippen molar-refractivity contribution in [1.82, 2.24) is 9.55 Å². The summed E-state index contributed by atoms with van der Waals surface area (Å²) in [6.45, 7) is 0.153. The van der Waals surface area contributed by atoms with Crippen molar-refractivity contribution in [1.29, 1.82) is 0 Å². The number of aromatic nitrogens is 2. The summed E-state index contributed by atoms with van der Waals surface area (Å²) in [5, 5.41) is 9.25. The third-order valence-corrected chi connectivity index (χ3v) is 10.7. The molecule has 2 aromatic carbocycles. The van der Waals surface area contributed by atoms with E-state index in [9.17, 15) is 23.5 Å². The van der Waals surface area contributed by atoms with Crippen LogP contribution >= 0.6 is 42.4 Å². The van der Waals surface area contributed by atoms with Crippen molar-refractivity contribution in [3.05, 3.63) is 65.9 Å². The van der Waals surface area contributed by atoms with Crippen LogP contribution in [0.2, 0.25) is 0 Å². The summed E-state index contributed by atoms with van der Waals surface area (Å²) in [4.78, 5) is 32.6. The van der Waals surface area contributed by atoms with Gasteiger partial charge in [0.15, 0.2) is 0 Å². The van der Waals surface area contributed by atoms with Crippen molar-refractivity contribution in [2.24, 2.45) is 0 Å². The Morgan fingerprint density at radius 3 is 2.47 bits per heavy atom. The normalized spacial score (nSPS) is 15.0. The van der Waals surface area contributed by atoms with Gasteiger partial charge in [-0.25, -0.2) is 0 Å². The summed E-state index contributed by atoms with van der Waals surface area (Å²) in [6, 6.07) is 15.6. The molecule has 1 aliphatic rings. The van der Waals surface area contributed by atoms with E-state index < -0.39 is 23.9 Å². The molecule has 1 amide bonds. The summed E-state index contributed by atoms with van der Waals surface area (Å²) < 4.78 is 30.5. The molecule has 7 nitrogen and oxygen atoms in total. The van der Waals surface area contributed by atoms with E-state index in [1.807, 2.05) is 30.3 Å². The van der Waals surface area contributed by atoms with Gasteiger partial charge in [-0.3, -0.25) is 0 Å². The summed E-state index contributed by atoms with van der Waals surface area (Å²) in [5.74, 6) is 0.378. The Morgan fingerprint density at radius 2 is 1.79 bits per heavy atom. The van der Waals surface area contributed by atoms with Crippen molar-refractivity contribution < 1.29 is 28.2 Å². The number of carbonyl (C=O) groups excluding carboxylic acids is 2. The predicted octanol–water partition coefficient (Wildman–Crippen LogP) is 5.56. The molecular weight excluding hydrogens is 674 g/mol. The first-order chi connectivity index (χ1) is 16.2. The molecule has 1 aliphatic heterocycles. The summed E-state index contributed by atoms with van der Waals surface area (Å²) in [7, 11) is 1.57. The number of rotatable bonds is 8. The number of benzene rings is 2. The third-order valence-electron chi connectivity index (χ3n) is 5.14. The van der Waals surface area contributed by atoms with Crippen LogP contribution in [0, 0.1) is 0 Å². The Balaban J connectivity index is 1.91. The zero-order chi connectivity index (χ0) is 24.5. The van der Waals surface area contributed by atoms with Crippen LogP contribution < -0.4 is 9.64 Å². The second-order valence-corrected chi connectivity index (χ2v) is 13.7. The first kappa shape index (κ1) is 25.0. The molecule has 2 heterocycles. The predicted molar refractivity (Wildman–Crippen MR) is 142 cm³/mol. The topological polar surface area (TPSA) is 84.7 Å². The van der Waals surface area contributed by atoms with Crippen LogP contribution in [0.3, 0.4) is 0 Å². The Kier molecular flexibility index (Phi) is 7.52. The zero-order valence-electron chi connectivity index (χ0n) is 18.1. The molecule has 3 aromatic rings. The first-order valence-electron chi connectivity index (χ1n) is 10.3. The number of aliphatic hydroxyl groups excluding tert-OH is 1. The first-order valence-corrected chi connectivity index (χ1v) is 15.1. The number of anilines is 1. The van der Waals surface area contributed by atoms with Gasteiger partial charge in [0.25, 0.3) is 0 Å². The molecule has 180 valence electrons. The van der Waals surface area contributed by atoms with Gasteiger partial charge >= 0.3 is 217 Å². The average Bonchev–Trinajstić information content (AvgIpc) is 3.17. The Bertz CT molecular complexity index is 1210. The van der Waals surface area contributed by atoms with E-state index >= 15 is 0 Å². The van der Waals surface area contributed by atoms with Crippen molar-refractivity contribution in [2.45, 2.75) is 17.1 Å². The van der Waals surface area contributed by atoms with Crippen LogP contribution in [0.1, 0.15) is 22.5 Å². The van der Waals surface area contributed by atoms with Crippen molar-refractivity contribution in [3.8, 4) is 17.1 Å². The maximum atomic E-state index is 13.7. The molecule has 0 atom stereocenters. The fourth-order valence-electron chi connectivity index (χ4n) is 3.64. The molecule has 0 bridgehead atoms. The molecule has 4 rings (SSSR count). The van der Waals surface area contributed by atoms with Gasteiger partial charge in [-0.15, -0.1) is 0 Å². The molecular formula is C23H21F2I2N3O4. The van der Waals surface area contributed by atoms with Crippen molar-refractivity contribution >= 4 is 55.9 Å². The molecule has 0 aliphatic carbocycles. The number of hydrogen-bond donors (Lipinski definition) is 1. The van der Waals surface area contributed by atoms with Crippen LogP contribution in [0.15, 0.2) is 54.6 Å². The van der Waals surface area contributed by atoms with Crippen LogP contribution in [0.25, 0.3) is 11.4 Å². The van der Waals surface area contributed by atoms with E-state index in [1.54, 1.807) is 29.8 Å². The minimum atomic E-state index is -3.45. The van der Waals surface area contributed by atoms with E-state index in [4.69, 9.17) is 4.74 Å². The Labute approximate surface area is 215 Å². The number of nitrogens with zero attached hydrogens (tertiary/aromatic N) is 3. The molecule has 0 radical (unpaired) electrons. The number of amides is 1. The number of hydrogen-bond acceptors (Lipinski definition) is 5. The van der Waals surface area contributed by atoms with Gasteiger partial charge in [0.05, 0.1) is 0 Å². The number of alkyl halides is 4. The molecule has 0 fully saturated rings. The van der Waals surface area contributed by atoms with Gasteiger partial charge < -0.3 is 0 Å². The summed E-state index contributed by atoms with van der Waals surface area (Å²) in [5.41, 5.74) is 1.46. The van der Waals surface area contributed by atoms with Crippen LogP contribution in [0.5, 0.6) is 5.75 Å². The molecule has 11 heteroatoms. The standard InChI is InChI=1S/C23H21F2I2N3O4/c1-29-21-18(19(32)27(22(29)33)12-7-13-31)30(14-15-8-3-2-4-9-15)20(28-21)16-10-5-6-11-17(16)34-23(24,25)26/h2-6,8-11,31H,7,12-14H2,1H3. The SMILES string of the molecule is CN1C(=O)I(CCCO)C(=O)c2c1nc(-c1ccccc1OC(F)(F)I)n2Cc1ccccc1. The number of aliphatic hydroxyl groups is 1. The fourth-order valence-corrected chi connectivity index (χ4v) is 8.60. The van der Waals surface area contributed by atoms with Crippen LogP contribution in [-0.2, 0) is 6.54 Å². The minimum absolute atomic E-state index is 0.0874. The second-order valence-electron chi connectivity index (χ2n) is 7.44.